The van der Waals surface area contributed by atoms with E-state index in [0.29, 0.717) is 26.1 Å². The highest BCUT2D eigenvalue weighted by molar-refractivity contribution is 5.78. The van der Waals surface area contributed by atoms with Gasteiger partial charge in [0.2, 0.25) is 5.91 Å². The van der Waals surface area contributed by atoms with Crippen molar-refractivity contribution in [3.8, 4) is 6.07 Å². The van der Waals surface area contributed by atoms with Crippen LogP contribution in [0.1, 0.15) is 62.3 Å². The third-order valence-electron chi connectivity index (χ3n) is 5.22. The lowest BCUT2D eigenvalue weighted by molar-refractivity contribution is -0.132. The van der Waals surface area contributed by atoms with Crippen molar-refractivity contribution >= 4 is 5.91 Å². The Morgan fingerprint density at radius 1 is 1.42 bits per heavy atom. The van der Waals surface area contributed by atoms with E-state index in [1.165, 1.54) is 24.2 Å². The first-order valence-electron chi connectivity index (χ1n) is 9.19. The number of hydrogen-bond donors (Lipinski definition) is 1. The summed E-state index contributed by atoms with van der Waals surface area (Å²) >= 11 is 0. The number of aryl methyl sites for hydroxylation is 2. The van der Waals surface area contributed by atoms with E-state index in [1.807, 2.05) is 6.92 Å². The molecule has 2 heterocycles. The Kier molecular flexibility index (Phi) is 5.52. The van der Waals surface area contributed by atoms with Gasteiger partial charge < -0.3 is 9.88 Å². The molecular formula is C18H27N5O. The number of nitrogens with zero attached hydrogens (tertiary/aromatic N) is 4. The van der Waals surface area contributed by atoms with Crippen LogP contribution in [0, 0.1) is 11.3 Å². The number of likely N-dealkylation sites (N-methyl/N-ethyl adjacent to an activating group) is 1. The van der Waals surface area contributed by atoms with Gasteiger partial charge in [0.1, 0.15) is 5.82 Å². The van der Waals surface area contributed by atoms with Crippen molar-refractivity contribution in [2.24, 2.45) is 0 Å². The molecule has 2 aliphatic rings. The molecule has 6 heteroatoms. The second-order valence-electron chi connectivity index (χ2n) is 6.76. The van der Waals surface area contributed by atoms with Crippen molar-refractivity contribution in [3.05, 3.63) is 17.2 Å². The SMILES string of the molecule is CCN(CCC#N)C(=O)CN1CCC[C@@H]1c1nc2c([nH]1)CCCC2. The molecule has 1 aromatic heterocycles. The average Bonchev–Trinajstić information content (AvgIpc) is 3.21. The molecule has 1 amide bonds. The minimum Gasteiger partial charge on any atom is -0.344 e. The lowest BCUT2D eigenvalue weighted by atomic mass is 10.0. The zero-order chi connectivity index (χ0) is 16.9. The molecule has 1 N–H and O–H groups in total. The van der Waals surface area contributed by atoms with E-state index in [0.717, 1.165) is 38.1 Å². The molecule has 0 saturated carbocycles. The van der Waals surface area contributed by atoms with E-state index in [-0.39, 0.29) is 11.9 Å². The number of hydrogen-bond acceptors (Lipinski definition) is 4. The molecule has 1 aliphatic carbocycles. The van der Waals surface area contributed by atoms with Crippen LogP contribution in [0.4, 0.5) is 0 Å². The molecule has 0 aromatic carbocycles. The molecule has 0 radical (unpaired) electrons. The Hall–Kier alpha value is -1.87. The van der Waals surface area contributed by atoms with Crippen molar-refractivity contribution in [3.63, 3.8) is 0 Å². The number of H-pyrrole nitrogens is 1. The van der Waals surface area contributed by atoms with Gasteiger partial charge in [-0.1, -0.05) is 0 Å². The van der Waals surface area contributed by atoms with Crippen molar-refractivity contribution in [2.75, 3.05) is 26.2 Å². The Morgan fingerprint density at radius 3 is 3.00 bits per heavy atom. The molecule has 1 atom stereocenters. The molecule has 1 fully saturated rings. The molecule has 6 nitrogen and oxygen atoms in total. The largest absolute Gasteiger partial charge is 0.344 e. The smallest absolute Gasteiger partial charge is 0.236 e. The number of fused-ring (bicyclic) bond motifs is 1. The van der Waals surface area contributed by atoms with E-state index >= 15 is 0 Å². The van der Waals surface area contributed by atoms with Gasteiger partial charge in [-0.3, -0.25) is 9.69 Å². The number of carbonyl (C=O) groups excluding carboxylic acids is 1. The van der Waals surface area contributed by atoms with Crippen molar-refractivity contribution in [1.29, 1.82) is 5.26 Å². The fourth-order valence-corrected chi connectivity index (χ4v) is 3.88. The lowest BCUT2D eigenvalue weighted by Gasteiger charge is -2.26. The van der Waals surface area contributed by atoms with Crippen LogP contribution in [0.15, 0.2) is 0 Å². The first-order valence-corrected chi connectivity index (χ1v) is 9.19. The van der Waals surface area contributed by atoms with E-state index in [9.17, 15) is 4.79 Å². The number of rotatable bonds is 6. The molecule has 0 bridgehead atoms. The molecule has 1 aromatic rings. The van der Waals surface area contributed by atoms with Gasteiger partial charge >= 0.3 is 0 Å². The third-order valence-corrected chi connectivity index (χ3v) is 5.22. The summed E-state index contributed by atoms with van der Waals surface area (Å²) in [5.41, 5.74) is 2.54. The zero-order valence-electron chi connectivity index (χ0n) is 14.6. The fraction of sp³-hybridized carbons (Fsp3) is 0.722. The quantitative estimate of drug-likeness (QED) is 0.868. The summed E-state index contributed by atoms with van der Waals surface area (Å²) in [4.78, 5) is 25.0. The summed E-state index contributed by atoms with van der Waals surface area (Å²) in [6.45, 7) is 4.53. The number of likely N-dealkylation sites (tertiary alicyclic amines) is 1. The summed E-state index contributed by atoms with van der Waals surface area (Å²) in [5, 5.41) is 8.74. The van der Waals surface area contributed by atoms with Crippen molar-refractivity contribution in [2.45, 2.75) is 57.9 Å². The topological polar surface area (TPSA) is 76.0 Å². The van der Waals surface area contributed by atoms with E-state index in [4.69, 9.17) is 10.2 Å². The van der Waals surface area contributed by atoms with Crippen molar-refractivity contribution in [1.82, 2.24) is 19.8 Å². The summed E-state index contributed by atoms with van der Waals surface area (Å²) < 4.78 is 0. The number of nitrogens with one attached hydrogen (secondary N) is 1. The van der Waals surface area contributed by atoms with Gasteiger partial charge in [0.15, 0.2) is 0 Å². The summed E-state index contributed by atoms with van der Waals surface area (Å²) in [6, 6.07) is 2.35. The predicted molar refractivity (Wildman–Crippen MR) is 91.3 cm³/mol. The van der Waals surface area contributed by atoms with Crippen LogP contribution in [-0.4, -0.2) is 51.9 Å². The highest BCUT2D eigenvalue weighted by atomic mass is 16.2. The Labute approximate surface area is 143 Å². The number of imidazole rings is 1. The van der Waals surface area contributed by atoms with E-state index in [2.05, 4.69) is 16.0 Å². The summed E-state index contributed by atoms with van der Waals surface area (Å²) in [6.07, 6.45) is 7.22. The predicted octanol–water partition coefficient (Wildman–Crippen LogP) is 2.19. The van der Waals surface area contributed by atoms with Crippen LogP contribution in [-0.2, 0) is 17.6 Å². The molecule has 0 unspecified atom stereocenters. The maximum Gasteiger partial charge on any atom is 0.236 e. The van der Waals surface area contributed by atoms with Gasteiger partial charge in [-0.05, 0) is 52.0 Å². The number of aromatic nitrogens is 2. The molecule has 1 saturated heterocycles. The van der Waals surface area contributed by atoms with Crippen LogP contribution in [0.3, 0.4) is 0 Å². The minimum atomic E-state index is 0.121. The van der Waals surface area contributed by atoms with Gasteiger partial charge in [-0.15, -0.1) is 0 Å². The van der Waals surface area contributed by atoms with E-state index in [1.54, 1.807) is 4.90 Å². The number of nitriles is 1. The lowest BCUT2D eigenvalue weighted by Crippen LogP contribution is -2.40. The Bertz CT molecular complexity index is 594. The minimum absolute atomic E-state index is 0.121. The maximum atomic E-state index is 12.6. The van der Waals surface area contributed by atoms with E-state index < -0.39 is 0 Å². The first kappa shape index (κ1) is 17.0. The van der Waals surface area contributed by atoms with Gasteiger partial charge in [0.05, 0.1) is 30.8 Å². The first-order chi connectivity index (χ1) is 11.7. The van der Waals surface area contributed by atoms with Crippen LogP contribution < -0.4 is 0 Å². The second kappa shape index (κ2) is 7.80. The van der Waals surface area contributed by atoms with Gasteiger partial charge in [-0.25, -0.2) is 4.98 Å². The molecule has 24 heavy (non-hydrogen) atoms. The molecule has 0 spiro atoms. The van der Waals surface area contributed by atoms with Gasteiger partial charge in [-0.2, -0.15) is 5.26 Å². The number of carbonyl (C=O) groups is 1. The van der Waals surface area contributed by atoms with Crippen LogP contribution >= 0.6 is 0 Å². The maximum absolute atomic E-state index is 12.6. The molecule has 1 aliphatic heterocycles. The Morgan fingerprint density at radius 2 is 2.25 bits per heavy atom. The molecule has 130 valence electrons. The summed E-state index contributed by atoms with van der Waals surface area (Å²) in [7, 11) is 0. The summed E-state index contributed by atoms with van der Waals surface area (Å²) in [5.74, 6) is 1.17. The van der Waals surface area contributed by atoms with Gasteiger partial charge in [0, 0.05) is 18.8 Å². The van der Waals surface area contributed by atoms with Crippen LogP contribution in [0.25, 0.3) is 0 Å². The monoisotopic (exact) mass is 329 g/mol. The van der Waals surface area contributed by atoms with Crippen LogP contribution in [0.5, 0.6) is 0 Å². The third kappa shape index (κ3) is 3.62. The highest BCUT2D eigenvalue weighted by Gasteiger charge is 2.31. The van der Waals surface area contributed by atoms with Crippen molar-refractivity contribution < 1.29 is 4.79 Å². The number of aromatic amines is 1. The van der Waals surface area contributed by atoms with Crippen LogP contribution in [0.2, 0.25) is 0 Å². The normalized spacial score (nSPS) is 20.6. The average molecular weight is 329 g/mol. The second-order valence-corrected chi connectivity index (χ2v) is 6.76. The van der Waals surface area contributed by atoms with Gasteiger partial charge in [0.25, 0.3) is 0 Å². The molecule has 3 rings (SSSR count). The highest BCUT2D eigenvalue weighted by Crippen LogP contribution is 2.32. The zero-order valence-corrected chi connectivity index (χ0v) is 14.6. The Balaban J connectivity index is 1.66. The molecular weight excluding hydrogens is 302 g/mol. The fourth-order valence-electron chi connectivity index (χ4n) is 3.88. The number of amides is 1. The standard InChI is InChI=1S/C18H27N5O/c1-2-22(12-6-10-19)17(24)13-23-11-5-9-16(23)18-20-14-7-3-4-8-15(14)21-18/h16H,2-9,11-13H2,1H3,(H,20,21)/t16-/m1/s1.